The number of aryl methyl sites for hydroxylation is 2. The van der Waals surface area contributed by atoms with Gasteiger partial charge in [0.05, 0.1) is 16.8 Å². The number of hydrogen-bond donors (Lipinski definition) is 1. The van der Waals surface area contributed by atoms with Gasteiger partial charge in [-0.1, -0.05) is 17.3 Å². The molecule has 0 bridgehead atoms. The highest BCUT2D eigenvalue weighted by Gasteiger charge is 2.15. The minimum absolute atomic E-state index is 0.235. The highest BCUT2D eigenvalue weighted by Crippen LogP contribution is 2.25. The number of amides is 1. The Morgan fingerprint density at radius 1 is 1.14 bits per heavy atom. The molecule has 4 rings (SSSR count). The van der Waals surface area contributed by atoms with Crippen molar-refractivity contribution in [2.75, 3.05) is 5.32 Å². The maximum absolute atomic E-state index is 12.8. The summed E-state index contributed by atoms with van der Waals surface area (Å²) in [7, 11) is 0. The Balaban J connectivity index is 1.47. The molecule has 0 radical (unpaired) electrons. The van der Waals surface area contributed by atoms with Crippen LogP contribution < -0.4 is 10.1 Å². The molecule has 146 valence electrons. The second-order valence-electron chi connectivity index (χ2n) is 6.46. The smallest absolute Gasteiger partial charge is 0.259 e. The number of para-hydroxylation sites is 1. The predicted octanol–water partition coefficient (Wildman–Crippen LogP) is 5.25. The quantitative estimate of drug-likeness (QED) is 0.474. The lowest BCUT2D eigenvalue weighted by atomic mass is 10.1. The van der Waals surface area contributed by atoms with Crippen molar-refractivity contribution in [2.24, 2.45) is 0 Å². The molecule has 4 aromatic rings. The summed E-state index contributed by atoms with van der Waals surface area (Å²) >= 11 is 1.57. The standard InChI is InChI=1S/C22H19N3O3S/c1-14-19(15(2)28-25-14)13-27-20-6-4-3-5-18(20)21(26)24-17-9-7-16(8-10-17)22-23-11-12-29-22/h3-12H,13H2,1-2H3,(H,24,26). The zero-order valence-corrected chi connectivity index (χ0v) is 16.8. The number of anilines is 1. The lowest BCUT2D eigenvalue weighted by molar-refractivity contribution is 0.102. The van der Waals surface area contributed by atoms with E-state index in [-0.39, 0.29) is 12.5 Å². The van der Waals surface area contributed by atoms with E-state index >= 15 is 0 Å². The van der Waals surface area contributed by atoms with Crippen LogP contribution in [-0.2, 0) is 6.61 Å². The van der Waals surface area contributed by atoms with Crippen molar-refractivity contribution in [1.29, 1.82) is 0 Å². The number of thiazole rings is 1. The molecule has 0 aliphatic rings. The van der Waals surface area contributed by atoms with E-state index in [9.17, 15) is 4.79 Å². The van der Waals surface area contributed by atoms with Crippen LogP contribution in [-0.4, -0.2) is 16.0 Å². The van der Waals surface area contributed by atoms with Crippen molar-refractivity contribution in [3.63, 3.8) is 0 Å². The van der Waals surface area contributed by atoms with E-state index < -0.39 is 0 Å². The lowest BCUT2D eigenvalue weighted by Crippen LogP contribution is -2.13. The Bertz CT molecular complexity index is 1100. The molecule has 2 heterocycles. The number of nitrogens with zero attached hydrogens (tertiary/aromatic N) is 2. The fourth-order valence-electron chi connectivity index (χ4n) is 2.90. The Morgan fingerprint density at radius 2 is 1.93 bits per heavy atom. The summed E-state index contributed by atoms with van der Waals surface area (Å²) in [6, 6.07) is 14.8. The number of hydrogen-bond acceptors (Lipinski definition) is 6. The van der Waals surface area contributed by atoms with Gasteiger partial charge in [0, 0.05) is 22.8 Å². The molecule has 0 saturated carbocycles. The fourth-order valence-corrected chi connectivity index (χ4v) is 3.54. The zero-order valence-electron chi connectivity index (χ0n) is 16.0. The van der Waals surface area contributed by atoms with Crippen LogP contribution in [0.3, 0.4) is 0 Å². The maximum Gasteiger partial charge on any atom is 0.259 e. The third-order valence-corrected chi connectivity index (χ3v) is 5.33. The van der Waals surface area contributed by atoms with Gasteiger partial charge in [-0.3, -0.25) is 4.79 Å². The first kappa shape index (κ1) is 18.9. The largest absolute Gasteiger partial charge is 0.488 e. The molecule has 29 heavy (non-hydrogen) atoms. The molecule has 2 aromatic carbocycles. The van der Waals surface area contributed by atoms with Crippen molar-refractivity contribution < 1.29 is 14.1 Å². The number of ether oxygens (including phenoxy) is 1. The number of benzene rings is 2. The van der Waals surface area contributed by atoms with Crippen molar-refractivity contribution >= 4 is 22.9 Å². The number of rotatable bonds is 6. The summed E-state index contributed by atoms with van der Waals surface area (Å²) in [5, 5.41) is 9.73. The summed E-state index contributed by atoms with van der Waals surface area (Å²) in [5.41, 5.74) is 3.85. The van der Waals surface area contributed by atoms with E-state index in [1.54, 1.807) is 29.7 Å². The van der Waals surface area contributed by atoms with E-state index in [1.165, 1.54) is 0 Å². The minimum atomic E-state index is -0.235. The SMILES string of the molecule is Cc1noc(C)c1COc1ccccc1C(=O)Nc1ccc(-c2nccs2)cc1. The van der Waals surface area contributed by atoms with Crippen LogP contribution in [0, 0.1) is 13.8 Å². The Morgan fingerprint density at radius 3 is 2.62 bits per heavy atom. The maximum atomic E-state index is 12.8. The Hall–Kier alpha value is -3.45. The van der Waals surface area contributed by atoms with Crippen LogP contribution in [0.2, 0.25) is 0 Å². The van der Waals surface area contributed by atoms with Crippen LogP contribution >= 0.6 is 11.3 Å². The van der Waals surface area contributed by atoms with Crippen LogP contribution in [0.5, 0.6) is 5.75 Å². The number of nitrogens with one attached hydrogen (secondary N) is 1. The average molecular weight is 405 g/mol. The van der Waals surface area contributed by atoms with E-state index in [1.807, 2.05) is 55.6 Å². The van der Waals surface area contributed by atoms with Gasteiger partial charge in [-0.2, -0.15) is 0 Å². The van der Waals surface area contributed by atoms with E-state index in [0.29, 0.717) is 22.8 Å². The Kier molecular flexibility index (Phi) is 5.39. The molecule has 7 heteroatoms. The molecular formula is C22H19N3O3S. The van der Waals surface area contributed by atoms with Crippen LogP contribution in [0.25, 0.3) is 10.6 Å². The highest BCUT2D eigenvalue weighted by molar-refractivity contribution is 7.13. The molecule has 0 saturated heterocycles. The van der Waals surface area contributed by atoms with Gasteiger partial charge in [-0.25, -0.2) is 4.98 Å². The van der Waals surface area contributed by atoms with Gasteiger partial charge in [0.15, 0.2) is 0 Å². The zero-order chi connectivity index (χ0) is 20.2. The van der Waals surface area contributed by atoms with E-state index in [2.05, 4.69) is 15.5 Å². The summed E-state index contributed by atoms with van der Waals surface area (Å²) in [6.07, 6.45) is 1.77. The topological polar surface area (TPSA) is 77.2 Å². The first-order chi connectivity index (χ1) is 14.1. The first-order valence-electron chi connectivity index (χ1n) is 9.06. The van der Waals surface area contributed by atoms with Crippen LogP contribution in [0.1, 0.15) is 27.4 Å². The molecule has 0 aliphatic carbocycles. The molecule has 1 amide bonds. The normalized spacial score (nSPS) is 10.7. The first-order valence-corrected chi connectivity index (χ1v) is 9.94. The third-order valence-electron chi connectivity index (χ3n) is 4.51. The van der Waals surface area contributed by atoms with E-state index in [4.69, 9.17) is 9.26 Å². The second-order valence-corrected chi connectivity index (χ2v) is 7.35. The van der Waals surface area contributed by atoms with Gasteiger partial charge in [-0.15, -0.1) is 11.3 Å². The molecule has 0 atom stereocenters. The fraction of sp³-hybridized carbons (Fsp3) is 0.136. The Labute approximate surface area is 172 Å². The van der Waals surface area contributed by atoms with E-state index in [0.717, 1.165) is 21.8 Å². The predicted molar refractivity (Wildman–Crippen MR) is 112 cm³/mol. The molecule has 0 unspecified atom stereocenters. The van der Waals surface area contributed by atoms with Crippen LogP contribution in [0.4, 0.5) is 5.69 Å². The third kappa shape index (κ3) is 4.20. The highest BCUT2D eigenvalue weighted by atomic mass is 32.1. The second kappa shape index (κ2) is 8.28. The average Bonchev–Trinajstić information content (AvgIpc) is 3.38. The lowest BCUT2D eigenvalue weighted by Gasteiger charge is -2.12. The summed E-state index contributed by atoms with van der Waals surface area (Å²) in [6.45, 7) is 3.99. The summed E-state index contributed by atoms with van der Waals surface area (Å²) in [5.74, 6) is 0.982. The van der Waals surface area contributed by atoms with Crippen LogP contribution in [0.15, 0.2) is 64.6 Å². The molecule has 1 N–H and O–H groups in total. The van der Waals surface area contributed by atoms with Crippen molar-refractivity contribution in [3.05, 3.63) is 82.7 Å². The molecule has 6 nitrogen and oxygen atoms in total. The van der Waals surface area contributed by atoms with Gasteiger partial charge < -0.3 is 14.6 Å². The molecule has 0 fully saturated rings. The van der Waals surface area contributed by atoms with Crippen molar-refractivity contribution in [3.8, 4) is 16.3 Å². The van der Waals surface area contributed by atoms with Crippen molar-refractivity contribution in [1.82, 2.24) is 10.1 Å². The van der Waals surface area contributed by atoms with Crippen molar-refractivity contribution in [2.45, 2.75) is 20.5 Å². The summed E-state index contributed by atoms with van der Waals surface area (Å²) in [4.78, 5) is 17.1. The van der Waals surface area contributed by atoms with Gasteiger partial charge in [0.1, 0.15) is 23.1 Å². The number of aromatic nitrogens is 2. The van der Waals surface area contributed by atoms with Gasteiger partial charge in [-0.05, 0) is 50.2 Å². The van der Waals surface area contributed by atoms with Gasteiger partial charge in [0.2, 0.25) is 0 Å². The monoisotopic (exact) mass is 405 g/mol. The van der Waals surface area contributed by atoms with Gasteiger partial charge >= 0.3 is 0 Å². The molecular weight excluding hydrogens is 386 g/mol. The molecule has 0 aliphatic heterocycles. The number of carbonyl (C=O) groups excluding carboxylic acids is 1. The summed E-state index contributed by atoms with van der Waals surface area (Å²) < 4.78 is 11.1. The number of carbonyl (C=O) groups is 1. The molecule has 0 spiro atoms. The van der Waals surface area contributed by atoms with Gasteiger partial charge in [0.25, 0.3) is 5.91 Å². The minimum Gasteiger partial charge on any atom is -0.488 e. The molecule has 2 aromatic heterocycles.